The third kappa shape index (κ3) is 3.34. The smallest absolute Gasteiger partial charge is 0.349 e. The number of benzene rings is 1. The molecule has 2 aromatic rings. The fourth-order valence-electron chi connectivity index (χ4n) is 3.47. The van der Waals surface area contributed by atoms with Gasteiger partial charge in [-0.2, -0.15) is 18.3 Å². The molecule has 0 saturated heterocycles. The lowest BCUT2D eigenvalue weighted by molar-refractivity contribution is -0.137. The van der Waals surface area contributed by atoms with Gasteiger partial charge in [0.1, 0.15) is 0 Å². The minimum absolute atomic E-state index is 0.190. The Labute approximate surface area is 149 Å². The first-order valence-corrected chi connectivity index (χ1v) is 8.87. The van der Waals surface area contributed by atoms with E-state index in [1.807, 2.05) is 0 Å². The van der Waals surface area contributed by atoms with Gasteiger partial charge in [-0.05, 0) is 62.6 Å². The van der Waals surface area contributed by atoms with Crippen LogP contribution in [0.15, 0.2) is 30.5 Å². The van der Waals surface area contributed by atoms with E-state index in [1.54, 1.807) is 13.0 Å². The highest BCUT2D eigenvalue weighted by atomic mass is 19.4. The number of nitrogens with zero attached hydrogens (tertiary/aromatic N) is 2. The molecule has 0 unspecified atom stereocenters. The first-order chi connectivity index (χ1) is 12.3. The van der Waals surface area contributed by atoms with E-state index in [0.717, 1.165) is 37.8 Å². The lowest BCUT2D eigenvalue weighted by Gasteiger charge is -2.17. The normalized spacial score (nSPS) is 17.6. The average molecular weight is 363 g/mol. The molecule has 2 saturated carbocycles. The number of nitrogens with one attached hydrogen (secondary N) is 1. The van der Waals surface area contributed by atoms with Crippen LogP contribution in [0.5, 0.6) is 0 Å². The summed E-state index contributed by atoms with van der Waals surface area (Å²) in [5, 5.41) is 7.27. The molecule has 0 radical (unpaired) electrons. The van der Waals surface area contributed by atoms with Crippen LogP contribution in [0.4, 0.5) is 13.2 Å². The Bertz CT molecular complexity index is 823. The molecular weight excluding hydrogens is 343 g/mol. The molecule has 4 rings (SSSR count). The third-order valence-corrected chi connectivity index (χ3v) is 5.23. The van der Waals surface area contributed by atoms with Gasteiger partial charge in [0, 0.05) is 6.04 Å². The van der Waals surface area contributed by atoms with Crippen molar-refractivity contribution in [2.24, 2.45) is 11.8 Å². The predicted octanol–water partition coefficient (Wildman–Crippen LogP) is 4.12. The molecule has 138 valence electrons. The fraction of sp³-hybridized carbons (Fsp3) is 0.474. The van der Waals surface area contributed by atoms with E-state index in [4.69, 9.17) is 0 Å². The Morgan fingerprint density at radius 1 is 1.23 bits per heavy atom. The SMILES string of the molecule is Cc1c(C(=O)NC(C2CC2)C2CC2)cnn1-c1cccc(C(F)(F)F)c1. The van der Waals surface area contributed by atoms with E-state index >= 15 is 0 Å². The van der Waals surface area contributed by atoms with Gasteiger partial charge in [0.2, 0.25) is 0 Å². The summed E-state index contributed by atoms with van der Waals surface area (Å²) in [7, 11) is 0. The molecule has 1 amide bonds. The Kier molecular flexibility index (Phi) is 4.04. The van der Waals surface area contributed by atoms with Crippen molar-refractivity contribution in [1.29, 1.82) is 0 Å². The maximum atomic E-state index is 12.9. The van der Waals surface area contributed by atoms with Crippen LogP contribution in [0, 0.1) is 18.8 Å². The Morgan fingerprint density at radius 2 is 1.88 bits per heavy atom. The number of halogens is 3. The van der Waals surface area contributed by atoms with Crippen molar-refractivity contribution in [2.45, 2.75) is 44.8 Å². The molecule has 2 fully saturated rings. The second-order valence-corrected chi connectivity index (χ2v) is 7.28. The number of hydrogen-bond acceptors (Lipinski definition) is 2. The molecule has 0 atom stereocenters. The summed E-state index contributed by atoms with van der Waals surface area (Å²) in [4.78, 5) is 12.7. The minimum Gasteiger partial charge on any atom is -0.349 e. The maximum absolute atomic E-state index is 12.9. The van der Waals surface area contributed by atoms with Crippen molar-refractivity contribution in [2.75, 3.05) is 0 Å². The van der Waals surface area contributed by atoms with Crippen LogP contribution in [0.2, 0.25) is 0 Å². The molecule has 0 aliphatic heterocycles. The Balaban J connectivity index is 1.57. The number of aromatic nitrogens is 2. The fourth-order valence-corrected chi connectivity index (χ4v) is 3.47. The minimum atomic E-state index is -4.42. The van der Waals surface area contributed by atoms with E-state index in [9.17, 15) is 18.0 Å². The molecule has 0 spiro atoms. The van der Waals surface area contributed by atoms with Crippen LogP contribution in [0.25, 0.3) is 5.69 Å². The van der Waals surface area contributed by atoms with Crippen LogP contribution in [0.3, 0.4) is 0 Å². The van der Waals surface area contributed by atoms with E-state index < -0.39 is 11.7 Å². The van der Waals surface area contributed by atoms with Gasteiger partial charge in [0.25, 0.3) is 5.91 Å². The number of alkyl halides is 3. The van der Waals surface area contributed by atoms with E-state index in [2.05, 4.69) is 10.4 Å². The lowest BCUT2D eigenvalue weighted by atomic mass is 10.1. The molecule has 2 aliphatic rings. The second kappa shape index (κ2) is 6.14. The molecule has 1 aromatic heterocycles. The summed E-state index contributed by atoms with van der Waals surface area (Å²) < 4.78 is 40.2. The molecule has 1 heterocycles. The summed E-state index contributed by atoms with van der Waals surface area (Å²) in [6, 6.07) is 5.17. The molecule has 26 heavy (non-hydrogen) atoms. The zero-order valence-electron chi connectivity index (χ0n) is 14.4. The molecule has 0 bridgehead atoms. The van der Waals surface area contributed by atoms with Crippen molar-refractivity contribution in [3.8, 4) is 5.69 Å². The summed E-state index contributed by atoms with van der Waals surface area (Å²) in [5.74, 6) is 0.958. The first kappa shape index (κ1) is 17.1. The van der Waals surface area contributed by atoms with Crippen LogP contribution in [0.1, 0.15) is 47.3 Å². The molecule has 2 aliphatic carbocycles. The molecule has 4 nitrogen and oxygen atoms in total. The van der Waals surface area contributed by atoms with Crippen LogP contribution < -0.4 is 5.32 Å². The number of hydrogen-bond donors (Lipinski definition) is 1. The van der Waals surface area contributed by atoms with E-state index in [-0.39, 0.29) is 17.6 Å². The van der Waals surface area contributed by atoms with Gasteiger partial charge in [-0.25, -0.2) is 4.68 Å². The van der Waals surface area contributed by atoms with Gasteiger partial charge in [0.05, 0.1) is 28.7 Å². The number of rotatable bonds is 5. The predicted molar refractivity (Wildman–Crippen MR) is 90.0 cm³/mol. The monoisotopic (exact) mass is 363 g/mol. The number of carbonyl (C=O) groups is 1. The van der Waals surface area contributed by atoms with E-state index in [0.29, 0.717) is 23.1 Å². The van der Waals surface area contributed by atoms with Crippen LogP contribution in [-0.2, 0) is 6.18 Å². The average Bonchev–Trinajstić information content (AvgIpc) is 3.50. The van der Waals surface area contributed by atoms with Crippen molar-refractivity contribution >= 4 is 5.91 Å². The van der Waals surface area contributed by atoms with E-state index in [1.165, 1.54) is 16.9 Å². The summed E-state index contributed by atoms with van der Waals surface area (Å²) in [5.41, 5.74) is 0.497. The molecular formula is C19H20F3N3O. The van der Waals surface area contributed by atoms with Gasteiger partial charge >= 0.3 is 6.18 Å². The Morgan fingerprint density at radius 3 is 2.46 bits per heavy atom. The van der Waals surface area contributed by atoms with Crippen LogP contribution >= 0.6 is 0 Å². The highest BCUT2D eigenvalue weighted by Gasteiger charge is 2.42. The quantitative estimate of drug-likeness (QED) is 0.869. The second-order valence-electron chi connectivity index (χ2n) is 7.28. The Hall–Kier alpha value is -2.31. The maximum Gasteiger partial charge on any atom is 0.416 e. The number of amides is 1. The van der Waals surface area contributed by atoms with Crippen molar-refractivity contribution in [3.05, 3.63) is 47.3 Å². The molecule has 7 heteroatoms. The van der Waals surface area contributed by atoms with Crippen LogP contribution in [-0.4, -0.2) is 21.7 Å². The highest BCUT2D eigenvalue weighted by molar-refractivity contribution is 5.95. The molecule has 1 aromatic carbocycles. The van der Waals surface area contributed by atoms with Crippen molar-refractivity contribution in [3.63, 3.8) is 0 Å². The van der Waals surface area contributed by atoms with Gasteiger partial charge in [0.15, 0.2) is 0 Å². The molecule has 1 N–H and O–H groups in total. The lowest BCUT2D eigenvalue weighted by Crippen LogP contribution is -2.38. The van der Waals surface area contributed by atoms with Gasteiger partial charge < -0.3 is 5.32 Å². The highest BCUT2D eigenvalue weighted by Crippen LogP contribution is 2.44. The topological polar surface area (TPSA) is 46.9 Å². The van der Waals surface area contributed by atoms with Gasteiger partial charge in [-0.15, -0.1) is 0 Å². The largest absolute Gasteiger partial charge is 0.416 e. The van der Waals surface area contributed by atoms with Crippen molar-refractivity contribution < 1.29 is 18.0 Å². The zero-order chi connectivity index (χ0) is 18.5. The standard InChI is InChI=1S/C19H20F3N3O/c1-11-16(18(26)24-17(12-5-6-12)13-7-8-13)10-23-25(11)15-4-2-3-14(9-15)19(20,21)22/h2-4,9-10,12-13,17H,5-8H2,1H3,(H,24,26). The first-order valence-electron chi connectivity index (χ1n) is 8.87. The van der Waals surface area contributed by atoms with Gasteiger partial charge in [-0.1, -0.05) is 6.07 Å². The van der Waals surface area contributed by atoms with Crippen molar-refractivity contribution in [1.82, 2.24) is 15.1 Å². The van der Waals surface area contributed by atoms with Gasteiger partial charge in [-0.3, -0.25) is 4.79 Å². The summed E-state index contributed by atoms with van der Waals surface area (Å²) in [6.45, 7) is 1.70. The summed E-state index contributed by atoms with van der Waals surface area (Å²) in [6.07, 6.45) is 1.64. The zero-order valence-corrected chi connectivity index (χ0v) is 14.4. The summed E-state index contributed by atoms with van der Waals surface area (Å²) >= 11 is 0. The third-order valence-electron chi connectivity index (χ3n) is 5.23. The number of carbonyl (C=O) groups excluding carboxylic acids is 1.